The number of carboxylic acids is 1. The predicted molar refractivity (Wildman–Crippen MR) is 68.3 cm³/mol. The number of carbonyl (C=O) groups excluding carboxylic acids is 2. The van der Waals surface area contributed by atoms with E-state index in [1.165, 1.54) is 25.8 Å². The number of hydrogen-bond donors (Lipinski definition) is 2. The first kappa shape index (κ1) is 14.8. The van der Waals surface area contributed by atoms with Crippen LogP contribution in [-0.4, -0.2) is 58.4 Å². The number of carboxylic acid groups (broad SMARTS) is 1. The molecule has 1 amide bonds. The minimum Gasteiger partial charge on any atom is -0.477 e. The molecular weight excluding hydrogens is 288 g/mol. The molecule has 0 aromatic rings. The SMILES string of the molecule is CO[C@]1(N)C(=O)N2C(C(=O)O)=C(COC(C)=O)CS[C@H]21. The van der Waals surface area contributed by atoms with Crippen LogP contribution in [0.25, 0.3) is 0 Å². The number of rotatable bonds is 4. The summed E-state index contributed by atoms with van der Waals surface area (Å²) in [5.41, 5.74) is 4.47. The van der Waals surface area contributed by atoms with Gasteiger partial charge in [0.25, 0.3) is 5.91 Å². The predicted octanol–water partition coefficient (Wildman–Crippen LogP) is -0.895. The number of esters is 1. The average Bonchev–Trinajstić information content (AvgIpc) is 2.42. The zero-order valence-electron chi connectivity index (χ0n) is 10.9. The van der Waals surface area contributed by atoms with Gasteiger partial charge < -0.3 is 14.6 Å². The number of nitrogens with two attached hydrogens (primary N) is 1. The van der Waals surface area contributed by atoms with Crippen LogP contribution in [0.5, 0.6) is 0 Å². The van der Waals surface area contributed by atoms with Crippen molar-refractivity contribution in [3.8, 4) is 0 Å². The quantitative estimate of drug-likeness (QED) is 0.390. The lowest BCUT2D eigenvalue weighted by atomic mass is 9.99. The topological polar surface area (TPSA) is 119 Å². The van der Waals surface area contributed by atoms with Gasteiger partial charge in [0.05, 0.1) is 0 Å². The summed E-state index contributed by atoms with van der Waals surface area (Å²) >= 11 is 1.27. The van der Waals surface area contributed by atoms with E-state index in [1.54, 1.807) is 0 Å². The van der Waals surface area contributed by atoms with E-state index < -0.39 is 28.9 Å². The highest BCUT2D eigenvalue weighted by Gasteiger charge is 2.63. The molecule has 2 rings (SSSR count). The lowest BCUT2D eigenvalue weighted by Gasteiger charge is -2.54. The molecule has 0 bridgehead atoms. The van der Waals surface area contributed by atoms with Crippen LogP contribution in [0.2, 0.25) is 0 Å². The van der Waals surface area contributed by atoms with Crippen molar-refractivity contribution in [3.63, 3.8) is 0 Å². The molecule has 0 saturated carbocycles. The summed E-state index contributed by atoms with van der Waals surface area (Å²) in [6.07, 6.45) is 0. The lowest BCUT2D eigenvalue weighted by Crippen LogP contribution is -2.78. The molecule has 0 spiro atoms. The normalized spacial score (nSPS) is 28.9. The van der Waals surface area contributed by atoms with Gasteiger partial charge in [-0.3, -0.25) is 20.2 Å². The van der Waals surface area contributed by atoms with Gasteiger partial charge in [0, 0.05) is 25.4 Å². The minimum atomic E-state index is -1.50. The molecule has 9 heteroatoms. The fourth-order valence-corrected chi connectivity index (χ4v) is 3.48. The lowest BCUT2D eigenvalue weighted by molar-refractivity contribution is -0.183. The summed E-state index contributed by atoms with van der Waals surface area (Å²) < 4.78 is 9.79. The maximum Gasteiger partial charge on any atom is 0.352 e. The van der Waals surface area contributed by atoms with E-state index in [-0.39, 0.29) is 12.3 Å². The Morgan fingerprint density at radius 3 is 2.75 bits per heavy atom. The Morgan fingerprint density at radius 1 is 1.60 bits per heavy atom. The van der Waals surface area contributed by atoms with Gasteiger partial charge in [-0.2, -0.15) is 0 Å². The van der Waals surface area contributed by atoms with Crippen molar-refractivity contribution in [2.45, 2.75) is 18.0 Å². The van der Waals surface area contributed by atoms with Gasteiger partial charge in [-0.1, -0.05) is 0 Å². The number of thioether (sulfide) groups is 1. The molecule has 8 nitrogen and oxygen atoms in total. The van der Waals surface area contributed by atoms with Crippen molar-refractivity contribution < 1.29 is 29.0 Å². The van der Waals surface area contributed by atoms with E-state index >= 15 is 0 Å². The molecule has 1 saturated heterocycles. The van der Waals surface area contributed by atoms with Gasteiger partial charge in [-0.25, -0.2) is 4.79 Å². The maximum atomic E-state index is 12.0. The highest BCUT2D eigenvalue weighted by Crippen LogP contribution is 2.45. The Morgan fingerprint density at radius 2 is 2.25 bits per heavy atom. The number of fused-ring (bicyclic) bond motifs is 1. The Bertz CT molecular complexity index is 519. The summed E-state index contributed by atoms with van der Waals surface area (Å²) in [6.45, 7) is 1.06. The third-order valence-corrected chi connectivity index (χ3v) is 4.53. The minimum absolute atomic E-state index is 0.162. The third kappa shape index (κ3) is 2.07. The van der Waals surface area contributed by atoms with E-state index in [0.717, 1.165) is 4.90 Å². The number of methoxy groups -OCH3 is 1. The molecule has 0 radical (unpaired) electrons. The van der Waals surface area contributed by atoms with Gasteiger partial charge in [-0.15, -0.1) is 11.8 Å². The molecular formula is C11H14N2O6S. The van der Waals surface area contributed by atoms with Crippen molar-refractivity contribution in [2.75, 3.05) is 19.5 Å². The number of ether oxygens (including phenoxy) is 2. The Labute approximate surface area is 118 Å². The van der Waals surface area contributed by atoms with E-state index in [9.17, 15) is 19.5 Å². The zero-order chi connectivity index (χ0) is 15.1. The number of carbonyl (C=O) groups is 3. The van der Waals surface area contributed by atoms with Crippen LogP contribution in [0.3, 0.4) is 0 Å². The molecule has 2 aliphatic heterocycles. The molecule has 2 aliphatic rings. The number of amides is 1. The smallest absolute Gasteiger partial charge is 0.352 e. The molecule has 1 fully saturated rings. The van der Waals surface area contributed by atoms with Crippen molar-refractivity contribution in [1.29, 1.82) is 0 Å². The van der Waals surface area contributed by atoms with Gasteiger partial charge in [0.1, 0.15) is 17.7 Å². The van der Waals surface area contributed by atoms with E-state index in [4.69, 9.17) is 15.2 Å². The fourth-order valence-electron chi connectivity index (χ4n) is 2.10. The Hall–Kier alpha value is -1.58. The maximum absolute atomic E-state index is 12.0. The van der Waals surface area contributed by atoms with Crippen LogP contribution in [0.1, 0.15) is 6.92 Å². The van der Waals surface area contributed by atoms with Gasteiger partial charge >= 0.3 is 11.9 Å². The second kappa shape index (κ2) is 5.08. The van der Waals surface area contributed by atoms with E-state index in [1.807, 2.05) is 0 Å². The molecule has 0 aromatic heterocycles. The molecule has 2 atom stereocenters. The molecule has 20 heavy (non-hydrogen) atoms. The van der Waals surface area contributed by atoms with Crippen molar-refractivity contribution >= 4 is 29.6 Å². The first-order chi connectivity index (χ1) is 9.32. The number of aliphatic carboxylic acids is 1. The average molecular weight is 302 g/mol. The first-order valence-corrected chi connectivity index (χ1v) is 6.75. The molecule has 2 heterocycles. The summed E-state index contributed by atoms with van der Waals surface area (Å²) in [5, 5.41) is 8.68. The highest BCUT2D eigenvalue weighted by molar-refractivity contribution is 8.00. The number of hydrogen-bond acceptors (Lipinski definition) is 7. The Kier molecular flexibility index (Phi) is 3.76. The monoisotopic (exact) mass is 302 g/mol. The van der Waals surface area contributed by atoms with Crippen molar-refractivity contribution in [2.24, 2.45) is 5.73 Å². The summed E-state index contributed by atoms with van der Waals surface area (Å²) in [4.78, 5) is 35.3. The van der Waals surface area contributed by atoms with Crippen molar-refractivity contribution in [3.05, 3.63) is 11.3 Å². The van der Waals surface area contributed by atoms with E-state index in [2.05, 4.69) is 0 Å². The van der Waals surface area contributed by atoms with Crippen LogP contribution in [-0.2, 0) is 23.9 Å². The molecule has 3 N–H and O–H groups in total. The van der Waals surface area contributed by atoms with Gasteiger partial charge in [0.2, 0.25) is 5.72 Å². The van der Waals surface area contributed by atoms with Crippen LogP contribution >= 0.6 is 11.8 Å². The van der Waals surface area contributed by atoms with Gasteiger partial charge in [0.15, 0.2) is 0 Å². The van der Waals surface area contributed by atoms with E-state index in [0.29, 0.717) is 11.3 Å². The second-order valence-corrected chi connectivity index (χ2v) is 5.44. The van der Waals surface area contributed by atoms with Crippen LogP contribution in [0, 0.1) is 0 Å². The largest absolute Gasteiger partial charge is 0.477 e. The number of β-lactam (4-membered cyclic amide) rings is 1. The summed E-state index contributed by atoms with van der Waals surface area (Å²) in [6, 6.07) is 0. The van der Waals surface area contributed by atoms with Crippen LogP contribution < -0.4 is 5.73 Å². The molecule has 0 aromatic carbocycles. The highest BCUT2D eigenvalue weighted by atomic mass is 32.2. The molecule has 0 aliphatic carbocycles. The standard InChI is InChI=1S/C11H14N2O6S/c1-5(14)19-3-6-4-20-10-11(12,18-2)9(17)13(10)7(6)8(15)16/h10H,3-4,12H2,1-2H3,(H,15,16)/t10-,11+/m0/s1. The fraction of sp³-hybridized carbons (Fsp3) is 0.545. The van der Waals surface area contributed by atoms with Crippen molar-refractivity contribution in [1.82, 2.24) is 4.90 Å². The van der Waals surface area contributed by atoms with Crippen LogP contribution in [0.4, 0.5) is 0 Å². The summed E-state index contributed by atoms with van der Waals surface area (Å²) in [5.74, 6) is -2.10. The third-order valence-electron chi connectivity index (χ3n) is 3.14. The zero-order valence-corrected chi connectivity index (χ0v) is 11.7. The first-order valence-electron chi connectivity index (χ1n) is 5.71. The van der Waals surface area contributed by atoms with Gasteiger partial charge in [-0.05, 0) is 0 Å². The molecule has 110 valence electrons. The second-order valence-electron chi connectivity index (χ2n) is 4.37. The summed E-state index contributed by atoms with van der Waals surface area (Å²) in [7, 11) is 1.30. The Balaban J connectivity index is 2.31. The molecule has 0 unspecified atom stereocenters. The van der Waals surface area contributed by atoms with Crippen LogP contribution in [0.15, 0.2) is 11.3 Å². The number of nitrogens with zero attached hydrogens (tertiary/aromatic N) is 1.